The fourth-order valence-corrected chi connectivity index (χ4v) is 6.34. The monoisotopic (exact) mass is 499 g/mol. The predicted molar refractivity (Wildman–Crippen MR) is 135 cm³/mol. The maximum absolute atomic E-state index is 13.1. The zero-order valence-electron chi connectivity index (χ0n) is 20.2. The molecule has 0 spiro atoms. The van der Waals surface area contributed by atoms with E-state index in [1.54, 1.807) is 13.0 Å². The molecule has 2 aliphatic heterocycles. The van der Waals surface area contributed by atoms with E-state index in [1.807, 2.05) is 24.3 Å². The summed E-state index contributed by atoms with van der Waals surface area (Å²) in [4.78, 5) is 27.3. The Kier molecular flexibility index (Phi) is 8.07. The Hall–Kier alpha value is -2.91. The van der Waals surface area contributed by atoms with Gasteiger partial charge in [0.25, 0.3) is 5.91 Å². The van der Waals surface area contributed by atoms with Gasteiger partial charge < -0.3 is 15.0 Å². The molecule has 0 saturated carbocycles. The van der Waals surface area contributed by atoms with Crippen molar-refractivity contribution < 1.29 is 22.7 Å². The molecule has 0 radical (unpaired) electrons. The number of piperidine rings is 2. The first-order valence-corrected chi connectivity index (χ1v) is 13.7. The van der Waals surface area contributed by atoms with Gasteiger partial charge >= 0.3 is 5.97 Å². The van der Waals surface area contributed by atoms with Crippen molar-refractivity contribution in [3.8, 4) is 0 Å². The highest BCUT2D eigenvalue weighted by atomic mass is 32.2. The maximum Gasteiger partial charge on any atom is 0.338 e. The van der Waals surface area contributed by atoms with Crippen molar-refractivity contribution >= 4 is 33.3 Å². The molecule has 4 rings (SSSR count). The van der Waals surface area contributed by atoms with Gasteiger partial charge in [0.05, 0.1) is 10.5 Å². The second-order valence-corrected chi connectivity index (χ2v) is 11.1. The summed E-state index contributed by atoms with van der Waals surface area (Å²) in [5.41, 5.74) is 2.42. The first-order chi connectivity index (χ1) is 16.8. The van der Waals surface area contributed by atoms with Crippen molar-refractivity contribution in [2.75, 3.05) is 43.0 Å². The Labute approximate surface area is 207 Å². The lowest BCUT2D eigenvalue weighted by Gasteiger charge is -2.28. The molecule has 9 heteroatoms. The van der Waals surface area contributed by atoms with E-state index in [-0.39, 0.29) is 10.5 Å². The fraction of sp³-hybridized carbons (Fsp3) is 0.462. The third-order valence-corrected chi connectivity index (χ3v) is 8.60. The lowest BCUT2D eigenvalue weighted by atomic mass is 10.1. The minimum Gasteiger partial charge on any atom is -0.452 e. The molecule has 35 heavy (non-hydrogen) atoms. The van der Waals surface area contributed by atoms with Crippen molar-refractivity contribution in [1.29, 1.82) is 0 Å². The molecular formula is C26H33N3O5S. The smallest absolute Gasteiger partial charge is 0.338 e. The Bertz CT molecular complexity index is 1150. The van der Waals surface area contributed by atoms with Crippen LogP contribution in [0.4, 0.5) is 11.4 Å². The van der Waals surface area contributed by atoms with E-state index < -0.39 is 28.5 Å². The van der Waals surface area contributed by atoms with E-state index >= 15 is 0 Å². The zero-order valence-corrected chi connectivity index (χ0v) is 21.0. The number of hydrogen-bond donors (Lipinski definition) is 1. The van der Waals surface area contributed by atoms with Crippen LogP contribution in [0.3, 0.4) is 0 Å². The second-order valence-electron chi connectivity index (χ2n) is 9.16. The number of nitrogens with zero attached hydrogens (tertiary/aromatic N) is 2. The Morgan fingerprint density at radius 1 is 0.886 bits per heavy atom. The first-order valence-electron chi connectivity index (χ1n) is 12.3. The lowest BCUT2D eigenvalue weighted by molar-refractivity contribution is -0.119. The number of amides is 1. The van der Waals surface area contributed by atoms with E-state index in [4.69, 9.17) is 4.74 Å². The largest absolute Gasteiger partial charge is 0.452 e. The Morgan fingerprint density at radius 2 is 1.51 bits per heavy atom. The molecule has 2 fully saturated rings. The molecule has 0 aliphatic carbocycles. The third-order valence-electron chi connectivity index (χ3n) is 6.56. The molecule has 188 valence electrons. The van der Waals surface area contributed by atoms with Crippen molar-refractivity contribution in [3.05, 3.63) is 53.6 Å². The van der Waals surface area contributed by atoms with Crippen LogP contribution in [-0.4, -0.2) is 57.4 Å². The molecule has 0 unspecified atom stereocenters. The molecule has 2 aromatic rings. The fourth-order valence-electron chi connectivity index (χ4n) is 4.57. The van der Waals surface area contributed by atoms with Gasteiger partial charge in [-0.1, -0.05) is 12.5 Å². The van der Waals surface area contributed by atoms with Crippen LogP contribution in [0.25, 0.3) is 0 Å². The van der Waals surface area contributed by atoms with Gasteiger partial charge in [0.1, 0.15) is 0 Å². The number of anilines is 2. The normalized spacial score (nSPS) is 17.1. The van der Waals surface area contributed by atoms with E-state index in [0.717, 1.165) is 38.0 Å². The topological polar surface area (TPSA) is 96.0 Å². The molecule has 2 aliphatic rings. The average Bonchev–Trinajstić information content (AvgIpc) is 2.89. The van der Waals surface area contributed by atoms with Crippen LogP contribution >= 0.6 is 0 Å². The number of nitrogens with one attached hydrogen (secondary N) is 1. The van der Waals surface area contributed by atoms with Crippen LogP contribution < -0.4 is 10.2 Å². The van der Waals surface area contributed by atoms with Gasteiger partial charge in [-0.3, -0.25) is 4.79 Å². The number of aryl methyl sites for hydroxylation is 1. The predicted octanol–water partition coefficient (Wildman–Crippen LogP) is 3.96. The molecule has 0 atom stereocenters. The standard InChI is InChI=1S/C26H33N3O5S/c1-20-8-9-21(18-24(20)35(32,33)29-16-6-3-7-17-29)26(31)34-19-25(30)27-22-10-12-23(13-11-22)28-14-4-2-5-15-28/h8-13,18H,2-7,14-17,19H2,1H3,(H,27,30). The quantitative estimate of drug-likeness (QED) is 0.580. The van der Waals surface area contributed by atoms with E-state index in [1.165, 1.54) is 35.7 Å². The molecule has 1 N–H and O–H groups in total. The summed E-state index contributed by atoms with van der Waals surface area (Å²) in [6, 6.07) is 12.1. The summed E-state index contributed by atoms with van der Waals surface area (Å²) in [5.74, 6) is -1.20. The van der Waals surface area contributed by atoms with Crippen molar-refractivity contribution in [2.24, 2.45) is 0 Å². The summed E-state index contributed by atoms with van der Waals surface area (Å²) in [5, 5.41) is 2.73. The van der Waals surface area contributed by atoms with E-state index in [9.17, 15) is 18.0 Å². The van der Waals surface area contributed by atoms with Crippen molar-refractivity contribution in [3.63, 3.8) is 0 Å². The number of ether oxygens (including phenoxy) is 1. The van der Waals surface area contributed by atoms with Gasteiger partial charge in [0, 0.05) is 37.6 Å². The number of carbonyl (C=O) groups excluding carboxylic acids is 2. The van der Waals surface area contributed by atoms with Crippen LogP contribution in [0, 0.1) is 6.92 Å². The summed E-state index contributed by atoms with van der Waals surface area (Å²) in [6.07, 6.45) is 6.32. The maximum atomic E-state index is 13.1. The highest BCUT2D eigenvalue weighted by molar-refractivity contribution is 7.89. The highest BCUT2D eigenvalue weighted by Gasteiger charge is 2.28. The van der Waals surface area contributed by atoms with Gasteiger partial charge in [0.2, 0.25) is 10.0 Å². The number of benzene rings is 2. The van der Waals surface area contributed by atoms with Gasteiger partial charge in [-0.2, -0.15) is 4.31 Å². The molecular weight excluding hydrogens is 466 g/mol. The van der Waals surface area contributed by atoms with Crippen LogP contribution in [0.5, 0.6) is 0 Å². The molecule has 0 aromatic heterocycles. The molecule has 2 heterocycles. The van der Waals surface area contributed by atoms with Crippen LogP contribution in [0.1, 0.15) is 54.4 Å². The summed E-state index contributed by atoms with van der Waals surface area (Å²) in [6.45, 7) is 4.29. The summed E-state index contributed by atoms with van der Waals surface area (Å²) < 4.78 is 32.8. The molecule has 1 amide bonds. The summed E-state index contributed by atoms with van der Waals surface area (Å²) >= 11 is 0. The number of carbonyl (C=O) groups is 2. The number of esters is 1. The van der Waals surface area contributed by atoms with E-state index in [2.05, 4.69) is 10.2 Å². The molecule has 2 saturated heterocycles. The summed E-state index contributed by atoms with van der Waals surface area (Å²) in [7, 11) is -3.69. The lowest BCUT2D eigenvalue weighted by Crippen LogP contribution is -2.36. The second kappa shape index (κ2) is 11.2. The van der Waals surface area contributed by atoms with Crippen molar-refractivity contribution in [1.82, 2.24) is 4.31 Å². The minimum absolute atomic E-state index is 0.102. The van der Waals surface area contributed by atoms with Gasteiger partial charge in [-0.05, 0) is 81.0 Å². The Balaban J connectivity index is 1.34. The SMILES string of the molecule is Cc1ccc(C(=O)OCC(=O)Nc2ccc(N3CCCCC3)cc2)cc1S(=O)(=O)N1CCCCC1. The van der Waals surface area contributed by atoms with Gasteiger partial charge in [-0.25, -0.2) is 13.2 Å². The van der Waals surface area contributed by atoms with Gasteiger partial charge in [-0.15, -0.1) is 0 Å². The first kappa shape index (κ1) is 25.2. The van der Waals surface area contributed by atoms with Crippen LogP contribution in [0.15, 0.2) is 47.4 Å². The van der Waals surface area contributed by atoms with Crippen LogP contribution in [0.2, 0.25) is 0 Å². The van der Waals surface area contributed by atoms with Gasteiger partial charge in [0.15, 0.2) is 6.61 Å². The minimum atomic E-state index is -3.69. The molecule has 0 bridgehead atoms. The number of hydrogen-bond acceptors (Lipinski definition) is 6. The van der Waals surface area contributed by atoms with E-state index in [0.29, 0.717) is 24.3 Å². The van der Waals surface area contributed by atoms with Crippen molar-refractivity contribution in [2.45, 2.75) is 50.3 Å². The number of rotatable bonds is 7. The van der Waals surface area contributed by atoms with Crippen LogP contribution in [-0.2, 0) is 19.6 Å². The Morgan fingerprint density at radius 3 is 2.17 bits per heavy atom. The average molecular weight is 500 g/mol. The molecule has 8 nitrogen and oxygen atoms in total. The molecule has 2 aromatic carbocycles. The zero-order chi connectivity index (χ0) is 24.8. The third kappa shape index (κ3) is 6.21. The highest BCUT2D eigenvalue weighted by Crippen LogP contribution is 2.25. The number of sulfonamides is 1.